The molecule has 0 aliphatic carbocycles. The van der Waals surface area contributed by atoms with Gasteiger partial charge in [-0.3, -0.25) is 10.1 Å². The summed E-state index contributed by atoms with van der Waals surface area (Å²) in [5, 5.41) is 4.47. The average molecular weight is 413 g/mol. The molecule has 1 fully saturated rings. The second kappa shape index (κ2) is 10.2. The SMILES string of the molecule is CCCNC(=O)NC(=O)COC(=O)c1cccc(S(=O)(=O)N2CCOCC2)c1. The van der Waals surface area contributed by atoms with Crippen LogP contribution in [-0.2, 0) is 24.3 Å². The summed E-state index contributed by atoms with van der Waals surface area (Å²) in [4.78, 5) is 35.1. The van der Waals surface area contributed by atoms with E-state index in [4.69, 9.17) is 9.47 Å². The first kappa shape index (κ1) is 21.8. The average Bonchev–Trinajstić information content (AvgIpc) is 2.71. The maximum Gasteiger partial charge on any atom is 0.338 e. The number of benzene rings is 1. The fraction of sp³-hybridized carbons (Fsp3) is 0.471. The van der Waals surface area contributed by atoms with Crippen LogP contribution in [0.4, 0.5) is 4.79 Å². The largest absolute Gasteiger partial charge is 0.452 e. The molecule has 1 heterocycles. The van der Waals surface area contributed by atoms with Crippen LogP contribution in [0.25, 0.3) is 0 Å². The number of carbonyl (C=O) groups is 3. The highest BCUT2D eigenvalue weighted by molar-refractivity contribution is 7.89. The lowest BCUT2D eigenvalue weighted by atomic mass is 10.2. The minimum atomic E-state index is -3.76. The maximum atomic E-state index is 12.6. The molecule has 0 unspecified atom stereocenters. The number of rotatable bonds is 7. The van der Waals surface area contributed by atoms with Gasteiger partial charge in [-0.1, -0.05) is 13.0 Å². The Balaban J connectivity index is 1.96. The molecule has 0 radical (unpaired) electrons. The molecule has 0 spiro atoms. The van der Waals surface area contributed by atoms with Crippen LogP contribution in [0.3, 0.4) is 0 Å². The van der Waals surface area contributed by atoms with Gasteiger partial charge in [0, 0.05) is 19.6 Å². The molecular formula is C17H23N3O7S. The summed E-state index contributed by atoms with van der Waals surface area (Å²) >= 11 is 0. The number of sulfonamides is 1. The smallest absolute Gasteiger partial charge is 0.338 e. The zero-order chi connectivity index (χ0) is 20.6. The topological polar surface area (TPSA) is 131 Å². The lowest BCUT2D eigenvalue weighted by molar-refractivity contribution is -0.123. The van der Waals surface area contributed by atoms with E-state index in [1.165, 1.54) is 28.6 Å². The number of amides is 3. The van der Waals surface area contributed by atoms with Gasteiger partial charge in [-0.2, -0.15) is 4.31 Å². The summed E-state index contributed by atoms with van der Waals surface area (Å²) in [6, 6.07) is 4.70. The highest BCUT2D eigenvalue weighted by Crippen LogP contribution is 2.18. The summed E-state index contributed by atoms with van der Waals surface area (Å²) in [5.41, 5.74) is -0.0161. The van der Waals surface area contributed by atoms with Crippen molar-refractivity contribution in [3.05, 3.63) is 29.8 Å². The molecule has 1 aromatic carbocycles. The Morgan fingerprint density at radius 2 is 1.93 bits per heavy atom. The number of hydrogen-bond donors (Lipinski definition) is 2. The molecule has 0 saturated carbocycles. The molecule has 3 amide bonds. The van der Waals surface area contributed by atoms with E-state index in [1.54, 1.807) is 0 Å². The van der Waals surface area contributed by atoms with Crippen molar-refractivity contribution in [2.45, 2.75) is 18.2 Å². The maximum absolute atomic E-state index is 12.6. The Morgan fingerprint density at radius 3 is 2.61 bits per heavy atom. The third-order valence-corrected chi connectivity index (χ3v) is 5.70. The molecule has 1 aliphatic heterocycles. The Kier molecular flexibility index (Phi) is 7.91. The fourth-order valence-electron chi connectivity index (χ4n) is 2.38. The number of esters is 1. The van der Waals surface area contributed by atoms with Gasteiger partial charge in [0.1, 0.15) is 0 Å². The van der Waals surface area contributed by atoms with E-state index in [2.05, 4.69) is 5.32 Å². The zero-order valence-electron chi connectivity index (χ0n) is 15.5. The van der Waals surface area contributed by atoms with Crippen molar-refractivity contribution >= 4 is 27.9 Å². The molecule has 154 valence electrons. The molecule has 2 N–H and O–H groups in total. The molecule has 2 rings (SSSR count). The third kappa shape index (κ3) is 6.01. The van der Waals surface area contributed by atoms with Crippen molar-refractivity contribution in [1.29, 1.82) is 0 Å². The second-order valence-electron chi connectivity index (χ2n) is 5.92. The number of nitrogens with zero attached hydrogens (tertiary/aromatic N) is 1. The van der Waals surface area contributed by atoms with Crippen molar-refractivity contribution in [1.82, 2.24) is 14.9 Å². The van der Waals surface area contributed by atoms with Crippen LogP contribution in [-0.4, -0.2) is 70.1 Å². The van der Waals surface area contributed by atoms with Gasteiger partial charge in [0.15, 0.2) is 6.61 Å². The highest BCUT2D eigenvalue weighted by Gasteiger charge is 2.27. The van der Waals surface area contributed by atoms with Crippen LogP contribution >= 0.6 is 0 Å². The normalized spacial score (nSPS) is 14.9. The minimum Gasteiger partial charge on any atom is -0.452 e. The molecule has 1 aromatic rings. The monoisotopic (exact) mass is 413 g/mol. The van der Waals surface area contributed by atoms with E-state index in [0.29, 0.717) is 26.2 Å². The summed E-state index contributed by atoms with van der Waals surface area (Å²) in [7, 11) is -3.76. The number of nitrogens with one attached hydrogen (secondary N) is 2. The quantitative estimate of drug-likeness (QED) is 0.606. The van der Waals surface area contributed by atoms with Crippen molar-refractivity contribution in [2.75, 3.05) is 39.5 Å². The van der Waals surface area contributed by atoms with E-state index < -0.39 is 34.5 Å². The summed E-state index contributed by atoms with van der Waals surface area (Å²) < 4.78 is 36.6. The molecule has 0 bridgehead atoms. The molecular weight excluding hydrogens is 390 g/mol. The first-order chi connectivity index (χ1) is 13.3. The van der Waals surface area contributed by atoms with Crippen molar-refractivity contribution in [3.8, 4) is 0 Å². The van der Waals surface area contributed by atoms with Crippen molar-refractivity contribution in [2.24, 2.45) is 0 Å². The third-order valence-electron chi connectivity index (χ3n) is 3.80. The molecule has 0 aromatic heterocycles. The van der Waals surface area contributed by atoms with Gasteiger partial charge < -0.3 is 14.8 Å². The van der Waals surface area contributed by atoms with E-state index in [9.17, 15) is 22.8 Å². The van der Waals surface area contributed by atoms with Crippen LogP contribution < -0.4 is 10.6 Å². The summed E-state index contributed by atoms with van der Waals surface area (Å²) in [5.74, 6) is -1.66. The Morgan fingerprint density at radius 1 is 1.21 bits per heavy atom. The number of morpholine rings is 1. The Hall–Kier alpha value is -2.50. The molecule has 28 heavy (non-hydrogen) atoms. The van der Waals surface area contributed by atoms with E-state index in [0.717, 1.165) is 0 Å². The van der Waals surface area contributed by atoms with Gasteiger partial charge in [-0.05, 0) is 24.6 Å². The predicted molar refractivity (Wildman–Crippen MR) is 98.1 cm³/mol. The van der Waals surface area contributed by atoms with Crippen LogP contribution in [0, 0.1) is 0 Å². The van der Waals surface area contributed by atoms with Gasteiger partial charge in [-0.15, -0.1) is 0 Å². The predicted octanol–water partition coefficient (Wildman–Crippen LogP) is 0.100. The lowest BCUT2D eigenvalue weighted by Gasteiger charge is -2.26. The van der Waals surface area contributed by atoms with Gasteiger partial charge in [0.05, 0.1) is 23.7 Å². The van der Waals surface area contributed by atoms with Crippen LogP contribution in [0.15, 0.2) is 29.2 Å². The molecule has 11 heteroatoms. The summed E-state index contributed by atoms with van der Waals surface area (Å²) in [6.07, 6.45) is 0.709. The lowest BCUT2D eigenvalue weighted by Crippen LogP contribution is -2.41. The van der Waals surface area contributed by atoms with Crippen LogP contribution in [0.2, 0.25) is 0 Å². The van der Waals surface area contributed by atoms with Gasteiger partial charge >= 0.3 is 12.0 Å². The standard InChI is InChI=1S/C17H23N3O7S/c1-2-6-18-17(23)19-15(21)12-27-16(22)13-4-3-5-14(11-13)28(24,25)20-7-9-26-10-8-20/h3-5,11H,2,6-10,12H2,1H3,(H2,18,19,21,23). The zero-order valence-corrected chi connectivity index (χ0v) is 16.3. The first-order valence-corrected chi connectivity index (χ1v) is 10.2. The van der Waals surface area contributed by atoms with E-state index in [-0.39, 0.29) is 23.5 Å². The first-order valence-electron chi connectivity index (χ1n) is 8.77. The van der Waals surface area contributed by atoms with Crippen molar-refractivity contribution < 1.29 is 32.3 Å². The summed E-state index contributed by atoms with van der Waals surface area (Å²) in [6.45, 7) is 2.68. The van der Waals surface area contributed by atoms with E-state index in [1.807, 2.05) is 12.2 Å². The molecule has 10 nitrogen and oxygen atoms in total. The number of imide groups is 1. The number of hydrogen-bond acceptors (Lipinski definition) is 7. The van der Waals surface area contributed by atoms with E-state index >= 15 is 0 Å². The van der Waals surface area contributed by atoms with Crippen molar-refractivity contribution in [3.63, 3.8) is 0 Å². The van der Waals surface area contributed by atoms with Gasteiger partial charge in [0.2, 0.25) is 10.0 Å². The number of urea groups is 1. The highest BCUT2D eigenvalue weighted by atomic mass is 32.2. The Bertz CT molecular complexity index is 820. The van der Waals surface area contributed by atoms with Crippen LogP contribution in [0.5, 0.6) is 0 Å². The molecule has 0 atom stereocenters. The van der Waals surface area contributed by atoms with Crippen LogP contribution in [0.1, 0.15) is 23.7 Å². The molecule has 1 saturated heterocycles. The molecule has 1 aliphatic rings. The van der Waals surface area contributed by atoms with Gasteiger partial charge in [0.25, 0.3) is 5.91 Å². The fourth-order valence-corrected chi connectivity index (χ4v) is 3.83. The number of ether oxygens (including phenoxy) is 2. The Labute approximate surface area is 163 Å². The van der Waals surface area contributed by atoms with Gasteiger partial charge in [-0.25, -0.2) is 18.0 Å². The number of carbonyl (C=O) groups excluding carboxylic acids is 3. The second-order valence-corrected chi connectivity index (χ2v) is 7.86. The minimum absolute atomic E-state index is 0.0161.